The van der Waals surface area contributed by atoms with Crippen molar-refractivity contribution in [3.63, 3.8) is 0 Å². The number of H-pyrrole nitrogens is 1. The SMILES string of the molecule is CC(C)c1c(-c2cnn(COCC[Si](C)(C)C)c2F)nc2c(C#N)c[nH]n2c1=O. The summed E-state index contributed by atoms with van der Waals surface area (Å²) in [6, 6.07) is 2.96. The lowest BCUT2D eigenvalue weighted by Crippen LogP contribution is -2.23. The van der Waals surface area contributed by atoms with Gasteiger partial charge in [-0.15, -0.1) is 0 Å². The van der Waals surface area contributed by atoms with E-state index in [2.05, 4.69) is 34.8 Å². The average molecular weight is 417 g/mol. The highest BCUT2D eigenvalue weighted by Crippen LogP contribution is 2.28. The zero-order chi connectivity index (χ0) is 21.3. The Hall–Kier alpha value is -2.77. The highest BCUT2D eigenvalue weighted by atomic mass is 28.3. The van der Waals surface area contributed by atoms with Crippen LogP contribution in [-0.4, -0.2) is 39.1 Å². The zero-order valence-corrected chi connectivity index (χ0v) is 18.3. The standard InChI is InChI=1S/C19H25FN6O2Si/c1-12(2)15-16(24-18-13(8-21)9-23-26(18)19(15)27)14-10-22-25(17(14)20)11-28-6-7-29(3,4)5/h9-10,12,23H,6-7,11H2,1-5H3. The van der Waals surface area contributed by atoms with Crippen molar-refractivity contribution < 1.29 is 9.13 Å². The van der Waals surface area contributed by atoms with Gasteiger partial charge in [0.25, 0.3) is 5.56 Å². The molecule has 0 radical (unpaired) electrons. The van der Waals surface area contributed by atoms with E-state index in [0.717, 1.165) is 10.7 Å². The Balaban J connectivity index is 2.00. The number of halogens is 1. The van der Waals surface area contributed by atoms with Gasteiger partial charge >= 0.3 is 0 Å². The van der Waals surface area contributed by atoms with Gasteiger partial charge in [-0.05, 0) is 12.0 Å². The van der Waals surface area contributed by atoms with Gasteiger partial charge in [-0.3, -0.25) is 9.89 Å². The van der Waals surface area contributed by atoms with E-state index in [1.54, 1.807) is 0 Å². The topological polar surface area (TPSA) is 101 Å². The van der Waals surface area contributed by atoms with Gasteiger partial charge in [-0.2, -0.15) is 14.8 Å². The van der Waals surface area contributed by atoms with Gasteiger partial charge in [0.15, 0.2) is 5.65 Å². The van der Waals surface area contributed by atoms with Crippen molar-refractivity contribution in [3.05, 3.63) is 39.8 Å². The zero-order valence-electron chi connectivity index (χ0n) is 17.3. The van der Waals surface area contributed by atoms with Gasteiger partial charge < -0.3 is 4.74 Å². The maximum Gasteiger partial charge on any atom is 0.276 e. The summed E-state index contributed by atoms with van der Waals surface area (Å²) in [5, 5.41) is 16.1. The molecule has 0 atom stereocenters. The maximum atomic E-state index is 15.1. The van der Waals surface area contributed by atoms with Crippen LogP contribution in [0.5, 0.6) is 0 Å². The van der Waals surface area contributed by atoms with E-state index in [1.165, 1.54) is 16.9 Å². The smallest absolute Gasteiger partial charge is 0.276 e. The molecule has 0 aromatic carbocycles. The van der Waals surface area contributed by atoms with Crippen LogP contribution in [0.4, 0.5) is 4.39 Å². The van der Waals surface area contributed by atoms with E-state index >= 15 is 4.39 Å². The Labute approximate surface area is 168 Å². The van der Waals surface area contributed by atoms with Gasteiger partial charge in [-0.1, -0.05) is 33.5 Å². The minimum absolute atomic E-state index is 0.0118. The first kappa shape index (κ1) is 20.9. The fourth-order valence-electron chi connectivity index (χ4n) is 2.98. The predicted octanol–water partition coefficient (Wildman–Crippen LogP) is 3.33. The molecular formula is C19H25FN6O2Si. The second kappa shape index (κ2) is 7.92. The maximum absolute atomic E-state index is 15.1. The Bertz CT molecular complexity index is 1130. The molecular weight excluding hydrogens is 391 g/mol. The molecule has 3 rings (SSSR count). The molecule has 0 amide bonds. The molecule has 0 unspecified atom stereocenters. The summed E-state index contributed by atoms with van der Waals surface area (Å²) in [5.41, 5.74) is 0.683. The molecule has 3 aromatic rings. The third kappa shape index (κ3) is 4.16. The van der Waals surface area contributed by atoms with E-state index in [9.17, 15) is 10.1 Å². The minimum Gasteiger partial charge on any atom is -0.359 e. The summed E-state index contributed by atoms with van der Waals surface area (Å²) < 4.78 is 23.0. The molecule has 8 nitrogen and oxygen atoms in total. The van der Waals surface area contributed by atoms with Crippen molar-refractivity contribution in [2.75, 3.05) is 6.61 Å². The van der Waals surface area contributed by atoms with E-state index in [1.807, 2.05) is 19.9 Å². The molecule has 10 heteroatoms. The summed E-state index contributed by atoms with van der Waals surface area (Å²) in [7, 11) is -1.24. The summed E-state index contributed by atoms with van der Waals surface area (Å²) >= 11 is 0. The molecule has 29 heavy (non-hydrogen) atoms. The van der Waals surface area contributed by atoms with Crippen LogP contribution in [-0.2, 0) is 11.5 Å². The van der Waals surface area contributed by atoms with Gasteiger partial charge in [-0.25, -0.2) is 14.2 Å². The Morgan fingerprint density at radius 1 is 1.38 bits per heavy atom. The third-order valence-corrected chi connectivity index (χ3v) is 6.34. The van der Waals surface area contributed by atoms with E-state index < -0.39 is 14.0 Å². The summed E-state index contributed by atoms with van der Waals surface area (Å²) in [6.45, 7) is 10.9. The normalized spacial score (nSPS) is 12.1. The molecule has 0 fully saturated rings. The van der Waals surface area contributed by atoms with Crippen molar-refractivity contribution in [1.29, 1.82) is 5.26 Å². The van der Waals surface area contributed by atoms with Crippen LogP contribution in [0.3, 0.4) is 0 Å². The van der Waals surface area contributed by atoms with E-state index in [0.29, 0.717) is 12.2 Å². The van der Waals surface area contributed by atoms with Crippen LogP contribution >= 0.6 is 0 Å². The number of nitrogens with zero attached hydrogens (tertiary/aromatic N) is 5. The first-order valence-corrected chi connectivity index (χ1v) is 13.2. The number of rotatable bonds is 7. The van der Waals surface area contributed by atoms with Gasteiger partial charge in [0.2, 0.25) is 5.95 Å². The number of nitrogens with one attached hydrogen (secondary N) is 1. The quantitative estimate of drug-likeness (QED) is 0.470. The molecule has 0 spiro atoms. The van der Waals surface area contributed by atoms with Crippen molar-refractivity contribution >= 4 is 13.7 Å². The van der Waals surface area contributed by atoms with Gasteiger partial charge in [0.1, 0.15) is 18.4 Å². The lowest BCUT2D eigenvalue weighted by atomic mass is 10.00. The predicted molar refractivity (Wildman–Crippen MR) is 110 cm³/mol. The highest BCUT2D eigenvalue weighted by Gasteiger charge is 2.24. The lowest BCUT2D eigenvalue weighted by Gasteiger charge is -2.15. The first-order valence-electron chi connectivity index (χ1n) is 9.47. The Morgan fingerprint density at radius 2 is 2.10 bits per heavy atom. The van der Waals surface area contributed by atoms with E-state index in [-0.39, 0.29) is 40.7 Å². The van der Waals surface area contributed by atoms with E-state index in [4.69, 9.17) is 4.74 Å². The summed E-state index contributed by atoms with van der Waals surface area (Å²) in [4.78, 5) is 17.4. The van der Waals surface area contributed by atoms with Crippen LogP contribution in [0.1, 0.15) is 30.9 Å². The molecule has 154 valence electrons. The molecule has 0 aliphatic heterocycles. The second-order valence-corrected chi connectivity index (χ2v) is 14.1. The monoisotopic (exact) mass is 416 g/mol. The molecule has 1 N–H and O–H groups in total. The summed E-state index contributed by atoms with van der Waals surface area (Å²) in [5.74, 6) is -0.823. The second-order valence-electron chi connectivity index (χ2n) is 8.49. The van der Waals surface area contributed by atoms with Crippen molar-refractivity contribution in [2.45, 2.75) is 52.2 Å². The van der Waals surface area contributed by atoms with Crippen LogP contribution < -0.4 is 5.56 Å². The Morgan fingerprint density at radius 3 is 2.72 bits per heavy atom. The van der Waals surface area contributed by atoms with Crippen molar-refractivity contribution in [3.8, 4) is 17.3 Å². The van der Waals surface area contributed by atoms with Crippen LogP contribution in [0.15, 0.2) is 17.2 Å². The number of aromatic amines is 1. The summed E-state index contributed by atoms with van der Waals surface area (Å²) in [6.07, 6.45) is 2.75. The van der Waals surface area contributed by atoms with Crippen LogP contribution in [0, 0.1) is 17.3 Å². The van der Waals surface area contributed by atoms with Crippen molar-refractivity contribution in [1.82, 2.24) is 24.4 Å². The van der Waals surface area contributed by atoms with Gasteiger partial charge in [0, 0.05) is 26.4 Å². The molecule has 0 aliphatic rings. The number of hydrogen-bond acceptors (Lipinski definition) is 5. The fraction of sp³-hybridized carbons (Fsp3) is 0.474. The number of aromatic nitrogens is 5. The fourth-order valence-corrected chi connectivity index (χ4v) is 3.74. The third-order valence-electron chi connectivity index (χ3n) is 4.63. The lowest BCUT2D eigenvalue weighted by molar-refractivity contribution is 0.0700. The first-order chi connectivity index (χ1) is 13.6. The number of fused-ring (bicyclic) bond motifs is 1. The minimum atomic E-state index is -1.24. The molecule has 0 saturated heterocycles. The molecule has 0 saturated carbocycles. The number of nitriles is 1. The molecule has 3 aromatic heterocycles. The number of ether oxygens (including phenoxy) is 1. The van der Waals surface area contributed by atoms with Gasteiger partial charge in [0.05, 0.1) is 17.5 Å². The highest BCUT2D eigenvalue weighted by molar-refractivity contribution is 6.76. The molecule has 3 heterocycles. The number of hydrogen-bond donors (Lipinski definition) is 1. The molecule has 0 bridgehead atoms. The van der Waals surface area contributed by atoms with Crippen molar-refractivity contribution in [2.24, 2.45) is 0 Å². The van der Waals surface area contributed by atoms with Crippen LogP contribution in [0.25, 0.3) is 16.9 Å². The average Bonchev–Trinajstić information content (AvgIpc) is 3.21. The largest absolute Gasteiger partial charge is 0.359 e. The molecule has 0 aliphatic carbocycles. The Kier molecular flexibility index (Phi) is 5.72. The van der Waals surface area contributed by atoms with Crippen LogP contribution in [0.2, 0.25) is 25.7 Å².